The fourth-order valence-corrected chi connectivity index (χ4v) is 3.46. The Morgan fingerprint density at radius 1 is 0.969 bits per heavy atom. The number of carbonyl (C=O) groups excluding carboxylic acids is 2. The van der Waals surface area contributed by atoms with Crippen molar-refractivity contribution in [3.05, 3.63) is 59.3 Å². The zero-order chi connectivity index (χ0) is 23.3. The molecule has 0 fully saturated rings. The Bertz CT molecular complexity index is 1010. The minimum absolute atomic E-state index is 0.0981. The number of nitrogens with zero attached hydrogens (tertiary/aromatic N) is 1. The monoisotopic (exact) mass is 438 g/mol. The van der Waals surface area contributed by atoms with Crippen LogP contribution in [0.3, 0.4) is 0 Å². The van der Waals surface area contributed by atoms with Crippen LogP contribution in [0.1, 0.15) is 31.4 Å². The molecule has 0 aliphatic carbocycles. The number of ether oxygens (including phenoxy) is 3. The number of nitrogens with one attached hydrogen (secondary N) is 1. The summed E-state index contributed by atoms with van der Waals surface area (Å²) in [5.74, 6) is 0.441. The van der Waals surface area contributed by atoms with E-state index in [1.54, 1.807) is 25.3 Å². The van der Waals surface area contributed by atoms with E-state index in [0.717, 1.165) is 5.56 Å². The summed E-state index contributed by atoms with van der Waals surface area (Å²) in [4.78, 5) is 27.9. The fourth-order valence-electron chi connectivity index (χ4n) is 3.46. The van der Waals surface area contributed by atoms with Gasteiger partial charge in [0.05, 0.1) is 31.6 Å². The average molecular weight is 439 g/mol. The molecule has 32 heavy (non-hydrogen) atoms. The summed E-state index contributed by atoms with van der Waals surface area (Å²) in [5, 5.41) is 3.15. The lowest BCUT2D eigenvalue weighted by atomic mass is 10.0. The Morgan fingerprint density at radius 3 is 2.31 bits per heavy atom. The number of aryl methyl sites for hydroxylation is 1. The lowest BCUT2D eigenvalue weighted by molar-refractivity contribution is -0.137. The van der Waals surface area contributed by atoms with E-state index in [4.69, 9.17) is 14.2 Å². The standard InChI is InChI=1S/C25H30N2O5/c1-16(2)32-14-6-13-27-24(28)22(18-9-7-17(3)8-10-18)23(25(27)29)26-20-12-11-19(30-4)15-21(20)31-5/h7-12,15-16,26H,6,13-14H2,1-5H3. The molecule has 0 saturated carbocycles. The fraction of sp³-hybridized carbons (Fsp3) is 0.360. The molecule has 7 nitrogen and oxygen atoms in total. The van der Waals surface area contributed by atoms with Crippen LogP contribution in [0.4, 0.5) is 5.69 Å². The summed E-state index contributed by atoms with van der Waals surface area (Å²) in [6.45, 7) is 6.64. The molecule has 2 aromatic carbocycles. The maximum Gasteiger partial charge on any atom is 0.278 e. The van der Waals surface area contributed by atoms with Crippen molar-refractivity contribution in [1.82, 2.24) is 4.90 Å². The van der Waals surface area contributed by atoms with Gasteiger partial charge >= 0.3 is 0 Å². The maximum absolute atomic E-state index is 13.3. The molecule has 0 spiro atoms. The molecule has 0 radical (unpaired) electrons. The SMILES string of the molecule is COc1ccc(NC2=C(c3ccc(C)cc3)C(=O)N(CCCOC(C)C)C2=O)c(OC)c1. The quantitative estimate of drug-likeness (QED) is 0.446. The van der Waals surface area contributed by atoms with Crippen LogP contribution in [0, 0.1) is 6.92 Å². The smallest absolute Gasteiger partial charge is 0.278 e. The Morgan fingerprint density at radius 2 is 1.69 bits per heavy atom. The lowest BCUT2D eigenvalue weighted by Gasteiger charge is -2.16. The first-order valence-electron chi connectivity index (χ1n) is 10.6. The molecule has 0 atom stereocenters. The van der Waals surface area contributed by atoms with E-state index >= 15 is 0 Å². The molecule has 0 unspecified atom stereocenters. The lowest BCUT2D eigenvalue weighted by Crippen LogP contribution is -2.34. The minimum atomic E-state index is -0.368. The van der Waals surface area contributed by atoms with E-state index in [0.29, 0.717) is 41.4 Å². The molecule has 3 rings (SSSR count). The molecule has 1 aliphatic heterocycles. The molecule has 2 aromatic rings. The van der Waals surface area contributed by atoms with E-state index in [1.807, 2.05) is 45.0 Å². The van der Waals surface area contributed by atoms with Gasteiger partial charge < -0.3 is 19.5 Å². The van der Waals surface area contributed by atoms with E-state index in [-0.39, 0.29) is 30.2 Å². The highest BCUT2D eigenvalue weighted by molar-refractivity contribution is 6.36. The predicted octanol–water partition coefficient (Wildman–Crippen LogP) is 4.02. The van der Waals surface area contributed by atoms with Crippen LogP contribution >= 0.6 is 0 Å². The molecule has 1 N–H and O–H groups in total. The van der Waals surface area contributed by atoms with E-state index in [2.05, 4.69) is 5.32 Å². The third-order valence-electron chi connectivity index (χ3n) is 5.15. The van der Waals surface area contributed by atoms with Crippen LogP contribution in [0.25, 0.3) is 5.57 Å². The van der Waals surface area contributed by atoms with Crippen molar-refractivity contribution in [2.75, 3.05) is 32.7 Å². The molecule has 0 bridgehead atoms. The molecule has 170 valence electrons. The number of imide groups is 1. The highest BCUT2D eigenvalue weighted by Gasteiger charge is 2.39. The molecular weight excluding hydrogens is 408 g/mol. The molecule has 7 heteroatoms. The first-order chi connectivity index (χ1) is 15.3. The van der Waals surface area contributed by atoms with Crippen molar-refractivity contribution in [3.63, 3.8) is 0 Å². The third-order valence-corrected chi connectivity index (χ3v) is 5.15. The molecule has 1 aliphatic rings. The zero-order valence-electron chi connectivity index (χ0n) is 19.2. The van der Waals surface area contributed by atoms with Gasteiger partial charge in [-0.25, -0.2) is 0 Å². The number of amides is 2. The Balaban J connectivity index is 1.95. The van der Waals surface area contributed by atoms with Crippen LogP contribution in [0.2, 0.25) is 0 Å². The van der Waals surface area contributed by atoms with Crippen molar-refractivity contribution < 1.29 is 23.8 Å². The number of benzene rings is 2. The second kappa shape index (κ2) is 10.3. The van der Waals surface area contributed by atoms with Gasteiger partial charge in [0.25, 0.3) is 11.8 Å². The highest BCUT2D eigenvalue weighted by atomic mass is 16.5. The van der Waals surface area contributed by atoms with Crippen molar-refractivity contribution in [2.45, 2.75) is 33.3 Å². The van der Waals surface area contributed by atoms with Crippen molar-refractivity contribution in [2.24, 2.45) is 0 Å². The van der Waals surface area contributed by atoms with Crippen LogP contribution in [-0.4, -0.2) is 50.2 Å². The van der Waals surface area contributed by atoms with Crippen LogP contribution in [-0.2, 0) is 14.3 Å². The number of methoxy groups -OCH3 is 2. The second-order valence-corrected chi connectivity index (χ2v) is 7.84. The van der Waals surface area contributed by atoms with Gasteiger partial charge in [-0.2, -0.15) is 0 Å². The summed E-state index contributed by atoms with van der Waals surface area (Å²) in [7, 11) is 3.11. The van der Waals surface area contributed by atoms with Gasteiger partial charge in [-0.3, -0.25) is 14.5 Å². The van der Waals surface area contributed by atoms with Crippen LogP contribution in [0.5, 0.6) is 11.5 Å². The van der Waals surface area contributed by atoms with E-state index in [1.165, 1.54) is 12.0 Å². The van der Waals surface area contributed by atoms with Gasteiger partial charge in [0.2, 0.25) is 0 Å². The first-order valence-corrected chi connectivity index (χ1v) is 10.6. The number of hydrogen-bond donors (Lipinski definition) is 1. The number of rotatable bonds is 10. The first kappa shape index (κ1) is 23.3. The third kappa shape index (κ3) is 5.11. The second-order valence-electron chi connectivity index (χ2n) is 7.84. The molecule has 1 heterocycles. The summed E-state index contributed by atoms with van der Waals surface area (Å²) >= 11 is 0. The highest BCUT2D eigenvalue weighted by Crippen LogP contribution is 2.35. The topological polar surface area (TPSA) is 77.1 Å². The van der Waals surface area contributed by atoms with Gasteiger partial charge in [0.15, 0.2) is 0 Å². The van der Waals surface area contributed by atoms with Crippen LogP contribution in [0.15, 0.2) is 48.2 Å². The van der Waals surface area contributed by atoms with E-state index in [9.17, 15) is 9.59 Å². The Labute approximate surface area is 189 Å². The summed E-state index contributed by atoms with van der Waals surface area (Å²) < 4.78 is 16.3. The predicted molar refractivity (Wildman–Crippen MR) is 124 cm³/mol. The zero-order valence-corrected chi connectivity index (χ0v) is 19.2. The number of carbonyl (C=O) groups is 2. The maximum atomic E-state index is 13.3. The summed E-state index contributed by atoms with van der Waals surface area (Å²) in [5.41, 5.74) is 2.90. The van der Waals surface area contributed by atoms with Gasteiger partial charge in [0.1, 0.15) is 17.2 Å². The van der Waals surface area contributed by atoms with E-state index < -0.39 is 0 Å². The average Bonchev–Trinajstić information content (AvgIpc) is 3.01. The van der Waals surface area contributed by atoms with Gasteiger partial charge in [-0.15, -0.1) is 0 Å². The largest absolute Gasteiger partial charge is 0.497 e. The normalized spacial score (nSPS) is 13.9. The Kier molecular flexibility index (Phi) is 7.53. The molecule has 0 aromatic heterocycles. The summed E-state index contributed by atoms with van der Waals surface area (Å²) in [6.07, 6.45) is 0.664. The van der Waals surface area contributed by atoms with Crippen molar-refractivity contribution in [3.8, 4) is 11.5 Å². The molecule has 2 amide bonds. The van der Waals surface area contributed by atoms with Gasteiger partial charge in [-0.05, 0) is 44.9 Å². The summed E-state index contributed by atoms with van der Waals surface area (Å²) in [6, 6.07) is 12.8. The minimum Gasteiger partial charge on any atom is -0.497 e. The van der Waals surface area contributed by atoms with Crippen molar-refractivity contribution in [1.29, 1.82) is 0 Å². The Hall–Kier alpha value is -3.32. The van der Waals surface area contributed by atoms with Gasteiger partial charge in [0, 0.05) is 19.2 Å². The molecular formula is C25H30N2O5. The van der Waals surface area contributed by atoms with Crippen LogP contribution < -0.4 is 14.8 Å². The number of anilines is 1. The molecule has 0 saturated heterocycles. The van der Waals surface area contributed by atoms with Crippen molar-refractivity contribution >= 4 is 23.1 Å². The number of hydrogen-bond acceptors (Lipinski definition) is 6. The van der Waals surface area contributed by atoms with Gasteiger partial charge in [-0.1, -0.05) is 29.8 Å².